The first kappa shape index (κ1) is 27.3. The summed E-state index contributed by atoms with van der Waals surface area (Å²) in [5.74, 6) is 0. The minimum atomic E-state index is -4.69. The van der Waals surface area contributed by atoms with Crippen LogP contribution < -0.4 is 5.32 Å². The van der Waals surface area contributed by atoms with Gasteiger partial charge in [-0.3, -0.25) is 4.98 Å². The molecule has 1 N–H and O–H groups in total. The number of hydrogen-bond donors (Lipinski definition) is 1. The van der Waals surface area contributed by atoms with E-state index in [2.05, 4.69) is 20.3 Å². The van der Waals surface area contributed by atoms with Crippen molar-refractivity contribution >= 4 is 32.4 Å². The van der Waals surface area contributed by atoms with E-state index in [0.717, 1.165) is 34.8 Å². The number of aromatic nitrogens is 3. The minimum absolute atomic E-state index is 0.0184. The SMILES string of the molecule is CN(Cc1cc(Nc2ccc(C(F)(F)F)cc2)c2ccc(-c3ncccc3C(F)(F)F)nc2n1)S(C)(=O)=O. The molecule has 4 rings (SSSR count). The highest BCUT2D eigenvalue weighted by Crippen LogP contribution is 2.36. The van der Waals surface area contributed by atoms with E-state index in [9.17, 15) is 34.8 Å². The lowest BCUT2D eigenvalue weighted by Crippen LogP contribution is -2.25. The van der Waals surface area contributed by atoms with Gasteiger partial charge in [0, 0.05) is 24.3 Å². The van der Waals surface area contributed by atoms with Crippen LogP contribution in [0, 0.1) is 0 Å². The predicted octanol–water partition coefficient (Wildman–Crippen LogP) is 5.86. The summed E-state index contributed by atoms with van der Waals surface area (Å²) >= 11 is 0. The second kappa shape index (κ2) is 9.83. The molecule has 200 valence electrons. The highest BCUT2D eigenvalue weighted by atomic mass is 32.2. The highest BCUT2D eigenvalue weighted by Gasteiger charge is 2.35. The number of pyridine rings is 3. The third kappa shape index (κ3) is 6.02. The Hall–Kier alpha value is -3.78. The van der Waals surface area contributed by atoms with Gasteiger partial charge in [-0.2, -0.15) is 30.6 Å². The molecule has 0 radical (unpaired) electrons. The number of anilines is 2. The molecule has 14 heteroatoms. The molecule has 1 aromatic carbocycles. The van der Waals surface area contributed by atoms with E-state index < -0.39 is 39.2 Å². The van der Waals surface area contributed by atoms with Crippen LogP contribution in [0.2, 0.25) is 0 Å². The van der Waals surface area contributed by atoms with Crippen molar-refractivity contribution in [3.8, 4) is 11.4 Å². The maximum absolute atomic E-state index is 13.5. The number of rotatable bonds is 6. The van der Waals surface area contributed by atoms with E-state index in [-0.39, 0.29) is 29.3 Å². The lowest BCUT2D eigenvalue weighted by Gasteiger charge is -2.17. The standard InChI is InChI=1S/C24H19F6N5O2S/c1-35(38(2,36)37)13-16-12-20(32-15-7-5-14(6-8-15)23(25,26)27)17-9-10-19(34-22(17)33-16)21-18(24(28,29)30)4-3-11-31-21/h3-12H,13H2,1-2H3,(H,32,33,34). The predicted molar refractivity (Wildman–Crippen MR) is 129 cm³/mol. The van der Waals surface area contributed by atoms with Gasteiger partial charge >= 0.3 is 12.4 Å². The van der Waals surface area contributed by atoms with E-state index in [1.54, 1.807) is 0 Å². The Morgan fingerprint density at radius 2 is 1.61 bits per heavy atom. The topological polar surface area (TPSA) is 88.1 Å². The molecule has 3 heterocycles. The van der Waals surface area contributed by atoms with Gasteiger partial charge in [0.05, 0.1) is 41.0 Å². The van der Waals surface area contributed by atoms with E-state index >= 15 is 0 Å². The molecule has 0 aliphatic rings. The Balaban J connectivity index is 1.83. The third-order valence-electron chi connectivity index (χ3n) is 5.52. The molecule has 38 heavy (non-hydrogen) atoms. The van der Waals surface area contributed by atoms with Crippen LogP contribution in [0.1, 0.15) is 16.8 Å². The summed E-state index contributed by atoms with van der Waals surface area (Å²) in [6, 6.07) is 10.5. The number of nitrogens with zero attached hydrogens (tertiary/aromatic N) is 4. The Morgan fingerprint density at radius 3 is 2.21 bits per heavy atom. The third-order valence-corrected chi connectivity index (χ3v) is 6.78. The summed E-state index contributed by atoms with van der Waals surface area (Å²) in [6.45, 7) is -0.195. The average molecular weight is 556 g/mol. The first-order chi connectivity index (χ1) is 17.6. The molecular formula is C24H19F6N5O2S. The Labute approximate surface area is 213 Å². The molecule has 0 fully saturated rings. The summed E-state index contributed by atoms with van der Waals surface area (Å²) in [5.41, 5.74) is -1.62. The van der Waals surface area contributed by atoms with Gasteiger partial charge in [0.15, 0.2) is 5.65 Å². The van der Waals surface area contributed by atoms with E-state index in [4.69, 9.17) is 0 Å². The van der Waals surface area contributed by atoms with Gasteiger partial charge in [0.2, 0.25) is 10.0 Å². The van der Waals surface area contributed by atoms with Crippen molar-refractivity contribution < 1.29 is 34.8 Å². The number of alkyl halides is 6. The maximum Gasteiger partial charge on any atom is 0.418 e. The van der Waals surface area contributed by atoms with Crippen LogP contribution in [0.15, 0.2) is 60.8 Å². The second-order valence-corrected chi connectivity index (χ2v) is 10.4. The largest absolute Gasteiger partial charge is 0.418 e. The van der Waals surface area contributed by atoms with Gasteiger partial charge < -0.3 is 5.32 Å². The molecule has 0 bridgehead atoms. The lowest BCUT2D eigenvalue weighted by atomic mass is 10.1. The van der Waals surface area contributed by atoms with E-state index in [1.165, 1.54) is 43.6 Å². The van der Waals surface area contributed by atoms with Crippen LogP contribution in [0.3, 0.4) is 0 Å². The van der Waals surface area contributed by atoms with Gasteiger partial charge in [-0.15, -0.1) is 0 Å². The maximum atomic E-state index is 13.5. The van der Waals surface area contributed by atoms with Crippen LogP contribution in [0.5, 0.6) is 0 Å². The number of benzene rings is 1. The normalized spacial score (nSPS) is 12.8. The first-order valence-electron chi connectivity index (χ1n) is 10.8. The average Bonchev–Trinajstić information content (AvgIpc) is 2.82. The fraction of sp³-hybridized carbons (Fsp3) is 0.208. The van der Waals surface area contributed by atoms with Crippen LogP contribution in [0.4, 0.5) is 37.7 Å². The molecule has 0 saturated carbocycles. The fourth-order valence-corrected chi connectivity index (χ4v) is 3.92. The Bertz CT molecular complexity index is 1590. The zero-order valence-electron chi connectivity index (χ0n) is 19.8. The quantitative estimate of drug-likeness (QED) is 0.300. The molecule has 0 spiro atoms. The van der Waals surface area contributed by atoms with E-state index in [0.29, 0.717) is 11.1 Å². The fourth-order valence-electron chi connectivity index (χ4n) is 3.55. The number of sulfonamides is 1. The summed E-state index contributed by atoms with van der Waals surface area (Å²) in [4.78, 5) is 12.4. The van der Waals surface area contributed by atoms with Crippen molar-refractivity contribution in [1.29, 1.82) is 0 Å². The molecule has 0 atom stereocenters. The zero-order chi connectivity index (χ0) is 27.9. The van der Waals surface area contributed by atoms with Crippen molar-refractivity contribution in [1.82, 2.24) is 19.3 Å². The van der Waals surface area contributed by atoms with Gasteiger partial charge in [-0.1, -0.05) is 0 Å². The Morgan fingerprint density at radius 1 is 0.921 bits per heavy atom. The summed E-state index contributed by atoms with van der Waals surface area (Å²) in [6.07, 6.45) is -7.03. The number of halogens is 6. The minimum Gasteiger partial charge on any atom is -0.355 e. The first-order valence-corrected chi connectivity index (χ1v) is 12.7. The molecular weight excluding hydrogens is 536 g/mol. The molecule has 3 aromatic heterocycles. The van der Waals surface area contributed by atoms with Crippen molar-refractivity contribution in [2.45, 2.75) is 18.9 Å². The number of hydrogen-bond acceptors (Lipinski definition) is 6. The number of fused-ring (bicyclic) bond motifs is 1. The highest BCUT2D eigenvalue weighted by molar-refractivity contribution is 7.88. The monoisotopic (exact) mass is 555 g/mol. The van der Waals surface area contributed by atoms with Crippen molar-refractivity contribution in [3.63, 3.8) is 0 Å². The van der Waals surface area contributed by atoms with Gasteiger partial charge in [-0.05, 0) is 54.6 Å². The van der Waals surface area contributed by atoms with Crippen molar-refractivity contribution in [2.24, 2.45) is 0 Å². The van der Waals surface area contributed by atoms with Crippen molar-refractivity contribution in [2.75, 3.05) is 18.6 Å². The number of nitrogens with one attached hydrogen (secondary N) is 1. The molecule has 0 saturated heterocycles. The Kier molecular flexibility index (Phi) is 7.05. The van der Waals surface area contributed by atoms with Gasteiger partial charge in [0.25, 0.3) is 0 Å². The smallest absolute Gasteiger partial charge is 0.355 e. The molecule has 4 aromatic rings. The molecule has 7 nitrogen and oxygen atoms in total. The van der Waals surface area contributed by atoms with Gasteiger partial charge in [0.1, 0.15) is 5.69 Å². The van der Waals surface area contributed by atoms with Crippen LogP contribution in [-0.4, -0.2) is 41.0 Å². The second-order valence-electron chi connectivity index (χ2n) is 8.35. The molecule has 0 aliphatic carbocycles. The van der Waals surface area contributed by atoms with E-state index in [1.807, 2.05) is 0 Å². The van der Waals surface area contributed by atoms with Crippen LogP contribution in [0.25, 0.3) is 22.4 Å². The summed E-state index contributed by atoms with van der Waals surface area (Å²) in [7, 11) is -2.29. The summed E-state index contributed by atoms with van der Waals surface area (Å²) in [5, 5.41) is 3.30. The van der Waals surface area contributed by atoms with Crippen molar-refractivity contribution in [3.05, 3.63) is 77.6 Å². The molecule has 0 unspecified atom stereocenters. The van der Waals surface area contributed by atoms with Crippen LogP contribution in [-0.2, 0) is 28.9 Å². The summed E-state index contributed by atoms with van der Waals surface area (Å²) < 4.78 is 104. The zero-order valence-corrected chi connectivity index (χ0v) is 20.6. The van der Waals surface area contributed by atoms with Crippen LogP contribution >= 0.6 is 0 Å². The molecule has 0 amide bonds. The van der Waals surface area contributed by atoms with Gasteiger partial charge in [-0.25, -0.2) is 18.4 Å². The lowest BCUT2D eigenvalue weighted by molar-refractivity contribution is -0.138. The molecule has 0 aliphatic heterocycles.